The maximum absolute atomic E-state index is 13.2. The molecule has 2 aromatic carbocycles. The van der Waals surface area contributed by atoms with E-state index in [2.05, 4.69) is 0 Å². The molecule has 0 spiro atoms. The van der Waals surface area contributed by atoms with Gasteiger partial charge in [-0.1, -0.05) is 0 Å². The molecule has 2 heterocycles. The molecule has 2 aliphatic rings. The first-order valence-corrected chi connectivity index (χ1v) is 12.3. The van der Waals surface area contributed by atoms with Gasteiger partial charge in [-0.2, -0.15) is 4.31 Å². The number of nitrogens with zero attached hydrogens (tertiary/aromatic N) is 2. The second kappa shape index (κ2) is 9.98. The standard InChI is InChI=1S/C23H28N2O8S/c1-29-19-8-6-17(21(30-2)22(19)31-3)23(26)24-9-11-25(12-10-24)34(27,28)16-5-7-18-20(15-16)33-14-4-13-32-18/h5-8,15H,4,9-14H2,1-3H3. The lowest BCUT2D eigenvalue weighted by Crippen LogP contribution is -2.50. The van der Waals surface area contributed by atoms with E-state index in [-0.39, 0.29) is 42.7 Å². The number of benzene rings is 2. The van der Waals surface area contributed by atoms with E-state index in [1.165, 1.54) is 37.8 Å². The third kappa shape index (κ3) is 4.45. The van der Waals surface area contributed by atoms with Gasteiger partial charge in [0.1, 0.15) is 0 Å². The number of hydrogen-bond acceptors (Lipinski definition) is 8. The molecule has 11 heteroatoms. The minimum absolute atomic E-state index is 0.137. The third-order valence-electron chi connectivity index (χ3n) is 5.82. The molecule has 184 valence electrons. The fraction of sp³-hybridized carbons (Fsp3) is 0.435. The van der Waals surface area contributed by atoms with Gasteiger partial charge in [-0.15, -0.1) is 0 Å². The smallest absolute Gasteiger partial charge is 0.257 e. The molecule has 0 N–H and O–H groups in total. The first-order chi connectivity index (χ1) is 16.4. The predicted molar refractivity (Wildman–Crippen MR) is 123 cm³/mol. The van der Waals surface area contributed by atoms with Crippen LogP contribution in [0, 0.1) is 0 Å². The van der Waals surface area contributed by atoms with Crippen LogP contribution in [0.25, 0.3) is 0 Å². The Balaban J connectivity index is 1.49. The number of carbonyl (C=O) groups is 1. The first kappa shape index (κ1) is 24.0. The van der Waals surface area contributed by atoms with Crippen LogP contribution in [0.3, 0.4) is 0 Å². The maximum atomic E-state index is 13.2. The summed E-state index contributed by atoms with van der Waals surface area (Å²) in [6.45, 7) is 1.80. The number of carbonyl (C=O) groups excluding carboxylic acids is 1. The number of piperazine rings is 1. The summed E-state index contributed by atoms with van der Waals surface area (Å²) >= 11 is 0. The second-order valence-electron chi connectivity index (χ2n) is 7.74. The van der Waals surface area contributed by atoms with Gasteiger partial charge in [-0.3, -0.25) is 4.79 Å². The molecule has 1 fully saturated rings. The van der Waals surface area contributed by atoms with E-state index in [0.29, 0.717) is 41.8 Å². The molecule has 1 saturated heterocycles. The molecule has 0 aromatic heterocycles. The molecule has 1 amide bonds. The summed E-state index contributed by atoms with van der Waals surface area (Å²) < 4.78 is 55.1. The summed E-state index contributed by atoms with van der Waals surface area (Å²) in [6, 6.07) is 7.90. The van der Waals surface area contributed by atoms with Crippen molar-refractivity contribution in [1.29, 1.82) is 0 Å². The third-order valence-corrected chi connectivity index (χ3v) is 7.71. The summed E-state index contributed by atoms with van der Waals surface area (Å²) in [4.78, 5) is 15.0. The monoisotopic (exact) mass is 492 g/mol. The van der Waals surface area contributed by atoms with Crippen LogP contribution in [-0.4, -0.2) is 84.3 Å². The molecule has 0 bridgehead atoms. The fourth-order valence-electron chi connectivity index (χ4n) is 4.02. The molecule has 34 heavy (non-hydrogen) atoms. The Morgan fingerprint density at radius 2 is 1.53 bits per heavy atom. The highest BCUT2D eigenvalue weighted by atomic mass is 32.2. The summed E-state index contributed by atoms with van der Waals surface area (Å²) in [5, 5.41) is 0. The van der Waals surface area contributed by atoms with Crippen molar-refractivity contribution in [1.82, 2.24) is 9.21 Å². The number of methoxy groups -OCH3 is 3. The number of amides is 1. The SMILES string of the molecule is COc1ccc(C(=O)N2CCN(S(=O)(=O)c3ccc4c(c3)OCCCO4)CC2)c(OC)c1OC. The molecule has 10 nitrogen and oxygen atoms in total. The second-order valence-corrected chi connectivity index (χ2v) is 9.68. The zero-order valence-electron chi connectivity index (χ0n) is 19.4. The van der Waals surface area contributed by atoms with Crippen molar-refractivity contribution in [3.8, 4) is 28.7 Å². The van der Waals surface area contributed by atoms with Gasteiger partial charge in [0.25, 0.3) is 5.91 Å². The molecule has 2 aliphatic heterocycles. The van der Waals surface area contributed by atoms with Crippen LogP contribution in [0.15, 0.2) is 35.2 Å². The van der Waals surface area contributed by atoms with Gasteiger partial charge >= 0.3 is 0 Å². The van der Waals surface area contributed by atoms with Gasteiger partial charge in [0, 0.05) is 38.7 Å². The van der Waals surface area contributed by atoms with E-state index >= 15 is 0 Å². The lowest BCUT2D eigenvalue weighted by molar-refractivity contribution is 0.0693. The van der Waals surface area contributed by atoms with Crippen LogP contribution in [0.1, 0.15) is 16.8 Å². The van der Waals surface area contributed by atoms with Crippen molar-refractivity contribution in [2.45, 2.75) is 11.3 Å². The van der Waals surface area contributed by atoms with Crippen LogP contribution in [0.2, 0.25) is 0 Å². The minimum atomic E-state index is -3.76. The van der Waals surface area contributed by atoms with E-state index in [9.17, 15) is 13.2 Å². The molecular weight excluding hydrogens is 464 g/mol. The molecule has 2 aromatic rings. The number of rotatable bonds is 6. The Hall–Kier alpha value is -3.18. The van der Waals surface area contributed by atoms with Crippen LogP contribution < -0.4 is 23.7 Å². The number of hydrogen-bond donors (Lipinski definition) is 0. The molecule has 4 rings (SSSR count). The average Bonchev–Trinajstić information content (AvgIpc) is 3.12. The Bertz CT molecular complexity index is 1160. The van der Waals surface area contributed by atoms with Crippen molar-refractivity contribution < 1.29 is 36.9 Å². The quantitative estimate of drug-likeness (QED) is 0.603. The van der Waals surface area contributed by atoms with Crippen molar-refractivity contribution in [2.24, 2.45) is 0 Å². The Morgan fingerprint density at radius 3 is 2.18 bits per heavy atom. The van der Waals surface area contributed by atoms with Crippen LogP contribution in [-0.2, 0) is 10.0 Å². The normalized spacial score (nSPS) is 16.5. The van der Waals surface area contributed by atoms with Crippen molar-refractivity contribution >= 4 is 15.9 Å². The fourth-order valence-corrected chi connectivity index (χ4v) is 5.46. The average molecular weight is 493 g/mol. The predicted octanol–water partition coefficient (Wildman–Crippen LogP) is 2.02. The van der Waals surface area contributed by atoms with Gasteiger partial charge in [-0.05, 0) is 24.3 Å². The van der Waals surface area contributed by atoms with Gasteiger partial charge < -0.3 is 28.6 Å². The highest BCUT2D eigenvalue weighted by Crippen LogP contribution is 2.40. The number of ether oxygens (including phenoxy) is 5. The molecular formula is C23H28N2O8S. The molecule has 0 aliphatic carbocycles. The zero-order chi connectivity index (χ0) is 24.3. The van der Waals surface area contributed by atoms with E-state index < -0.39 is 10.0 Å². The van der Waals surface area contributed by atoms with E-state index in [4.69, 9.17) is 23.7 Å². The Kier molecular flexibility index (Phi) is 7.03. The number of sulfonamides is 1. The molecule has 0 atom stereocenters. The van der Waals surface area contributed by atoms with Gasteiger partial charge in [0.05, 0.1) is 45.0 Å². The topological polar surface area (TPSA) is 104 Å². The maximum Gasteiger partial charge on any atom is 0.257 e. The van der Waals surface area contributed by atoms with Gasteiger partial charge in [0.2, 0.25) is 15.8 Å². The van der Waals surface area contributed by atoms with Crippen LogP contribution in [0.4, 0.5) is 0 Å². The van der Waals surface area contributed by atoms with Crippen molar-refractivity contribution in [3.63, 3.8) is 0 Å². The van der Waals surface area contributed by atoms with Crippen LogP contribution in [0.5, 0.6) is 28.7 Å². The Labute approximate surface area is 199 Å². The van der Waals surface area contributed by atoms with E-state index in [1.807, 2.05) is 0 Å². The zero-order valence-corrected chi connectivity index (χ0v) is 20.2. The molecule has 0 radical (unpaired) electrons. The van der Waals surface area contributed by atoms with Gasteiger partial charge in [-0.25, -0.2) is 8.42 Å². The highest BCUT2D eigenvalue weighted by molar-refractivity contribution is 7.89. The summed E-state index contributed by atoms with van der Waals surface area (Å²) in [7, 11) is 0.669. The van der Waals surface area contributed by atoms with E-state index in [0.717, 1.165) is 6.42 Å². The van der Waals surface area contributed by atoms with Crippen molar-refractivity contribution in [3.05, 3.63) is 35.9 Å². The first-order valence-electron chi connectivity index (χ1n) is 10.9. The van der Waals surface area contributed by atoms with Crippen molar-refractivity contribution in [2.75, 3.05) is 60.7 Å². The van der Waals surface area contributed by atoms with Gasteiger partial charge in [0.15, 0.2) is 23.0 Å². The number of fused-ring (bicyclic) bond motifs is 1. The Morgan fingerprint density at radius 1 is 0.853 bits per heavy atom. The lowest BCUT2D eigenvalue weighted by atomic mass is 10.1. The highest BCUT2D eigenvalue weighted by Gasteiger charge is 2.33. The summed E-state index contributed by atoms with van der Waals surface area (Å²) in [6.07, 6.45) is 0.734. The largest absolute Gasteiger partial charge is 0.493 e. The summed E-state index contributed by atoms with van der Waals surface area (Å²) in [5.41, 5.74) is 0.319. The lowest BCUT2D eigenvalue weighted by Gasteiger charge is -2.34. The molecule has 0 saturated carbocycles. The van der Waals surface area contributed by atoms with E-state index in [1.54, 1.807) is 23.1 Å². The molecule has 0 unspecified atom stereocenters. The minimum Gasteiger partial charge on any atom is -0.493 e. The van der Waals surface area contributed by atoms with Crippen LogP contribution >= 0.6 is 0 Å². The summed E-state index contributed by atoms with van der Waals surface area (Å²) in [5.74, 6) is 1.73.